The molecule has 0 aliphatic heterocycles. The van der Waals surface area contributed by atoms with Gasteiger partial charge in [-0.15, -0.1) is 11.8 Å². The summed E-state index contributed by atoms with van der Waals surface area (Å²) in [5.41, 5.74) is 7.36. The van der Waals surface area contributed by atoms with Crippen LogP contribution in [0.1, 0.15) is 5.56 Å². The Kier molecular flexibility index (Phi) is 3.92. The SMILES string of the molecule is Nc1cc(F)ccc1SCc1ccc(Cl)cc1. The standard InChI is InChI=1S/C13H11ClFNS/c14-10-3-1-9(2-4-10)8-17-13-6-5-11(15)7-12(13)16/h1-7H,8,16H2. The minimum absolute atomic E-state index is 0.307. The fourth-order valence-corrected chi connectivity index (χ4v) is 2.42. The summed E-state index contributed by atoms with van der Waals surface area (Å²) in [4.78, 5) is 0.890. The fourth-order valence-electron chi connectivity index (χ4n) is 1.39. The van der Waals surface area contributed by atoms with Crippen LogP contribution < -0.4 is 5.73 Å². The number of nitrogen functional groups attached to an aromatic ring is 1. The third-order valence-electron chi connectivity index (χ3n) is 2.28. The monoisotopic (exact) mass is 267 g/mol. The predicted octanol–water partition coefficient (Wildman–Crippen LogP) is 4.35. The smallest absolute Gasteiger partial charge is 0.125 e. The summed E-state index contributed by atoms with van der Waals surface area (Å²) in [6.07, 6.45) is 0. The minimum atomic E-state index is -0.307. The molecule has 1 nitrogen and oxygen atoms in total. The van der Waals surface area contributed by atoms with Crippen molar-refractivity contribution >= 4 is 29.1 Å². The van der Waals surface area contributed by atoms with E-state index >= 15 is 0 Å². The second-order valence-corrected chi connectivity index (χ2v) is 5.05. The van der Waals surface area contributed by atoms with Crippen LogP contribution in [0, 0.1) is 5.82 Å². The van der Waals surface area contributed by atoms with Crippen molar-refractivity contribution < 1.29 is 4.39 Å². The lowest BCUT2D eigenvalue weighted by molar-refractivity contribution is 0.627. The number of halogens is 2. The maximum absolute atomic E-state index is 12.9. The molecule has 0 fully saturated rings. The van der Waals surface area contributed by atoms with Gasteiger partial charge in [0.25, 0.3) is 0 Å². The molecule has 4 heteroatoms. The summed E-state index contributed by atoms with van der Waals surface area (Å²) in [6, 6.07) is 12.1. The van der Waals surface area contributed by atoms with Crippen LogP contribution in [0.2, 0.25) is 5.02 Å². The molecule has 17 heavy (non-hydrogen) atoms. The molecular formula is C13H11ClFNS. The number of hydrogen-bond acceptors (Lipinski definition) is 2. The normalized spacial score (nSPS) is 10.5. The zero-order valence-corrected chi connectivity index (χ0v) is 10.6. The summed E-state index contributed by atoms with van der Waals surface area (Å²) in [6.45, 7) is 0. The van der Waals surface area contributed by atoms with E-state index in [-0.39, 0.29) is 5.82 Å². The van der Waals surface area contributed by atoms with Gasteiger partial charge >= 0.3 is 0 Å². The molecule has 0 spiro atoms. The van der Waals surface area contributed by atoms with Crippen molar-refractivity contribution in [3.63, 3.8) is 0 Å². The molecule has 0 aliphatic rings. The minimum Gasteiger partial charge on any atom is -0.398 e. The maximum atomic E-state index is 12.9. The number of thioether (sulfide) groups is 1. The van der Waals surface area contributed by atoms with Gasteiger partial charge < -0.3 is 5.73 Å². The summed E-state index contributed by atoms with van der Waals surface area (Å²) in [5.74, 6) is 0.478. The lowest BCUT2D eigenvalue weighted by Crippen LogP contribution is -1.90. The van der Waals surface area contributed by atoms with Crippen LogP contribution in [0.4, 0.5) is 10.1 Å². The Morgan fingerprint density at radius 2 is 1.82 bits per heavy atom. The lowest BCUT2D eigenvalue weighted by atomic mass is 10.2. The molecule has 0 bridgehead atoms. The summed E-state index contributed by atoms with van der Waals surface area (Å²) in [5, 5.41) is 0.722. The first kappa shape index (κ1) is 12.3. The van der Waals surface area contributed by atoms with Crippen LogP contribution in [0.25, 0.3) is 0 Å². The largest absolute Gasteiger partial charge is 0.398 e. The van der Waals surface area contributed by atoms with Crippen molar-refractivity contribution in [2.45, 2.75) is 10.6 Å². The van der Waals surface area contributed by atoms with Gasteiger partial charge in [-0.25, -0.2) is 4.39 Å². The Hall–Kier alpha value is -1.19. The zero-order valence-electron chi connectivity index (χ0n) is 8.99. The van der Waals surface area contributed by atoms with Gasteiger partial charge in [-0.2, -0.15) is 0 Å². The molecule has 2 rings (SSSR count). The van der Waals surface area contributed by atoms with Crippen LogP contribution in [0.5, 0.6) is 0 Å². The van der Waals surface area contributed by atoms with Crippen LogP contribution in [-0.2, 0) is 5.75 Å². The van der Waals surface area contributed by atoms with E-state index < -0.39 is 0 Å². The number of anilines is 1. The molecule has 0 atom stereocenters. The maximum Gasteiger partial charge on any atom is 0.125 e. The van der Waals surface area contributed by atoms with Gasteiger partial charge in [0.15, 0.2) is 0 Å². The van der Waals surface area contributed by atoms with Crippen molar-refractivity contribution in [2.24, 2.45) is 0 Å². The van der Waals surface area contributed by atoms with Gasteiger partial charge in [-0.3, -0.25) is 0 Å². The zero-order chi connectivity index (χ0) is 12.3. The van der Waals surface area contributed by atoms with Gasteiger partial charge in [-0.1, -0.05) is 23.7 Å². The van der Waals surface area contributed by atoms with E-state index in [1.807, 2.05) is 24.3 Å². The Morgan fingerprint density at radius 3 is 2.47 bits per heavy atom. The van der Waals surface area contributed by atoms with E-state index in [4.69, 9.17) is 17.3 Å². The molecule has 0 aromatic heterocycles. The highest BCUT2D eigenvalue weighted by molar-refractivity contribution is 7.98. The molecular weight excluding hydrogens is 257 g/mol. The van der Waals surface area contributed by atoms with E-state index in [0.29, 0.717) is 5.69 Å². The first-order valence-corrected chi connectivity index (χ1v) is 6.44. The summed E-state index contributed by atoms with van der Waals surface area (Å²) in [7, 11) is 0. The Bertz CT molecular complexity index is 513. The molecule has 0 unspecified atom stereocenters. The number of nitrogens with two attached hydrogens (primary N) is 1. The first-order valence-electron chi connectivity index (χ1n) is 5.07. The van der Waals surface area contributed by atoms with Crippen molar-refractivity contribution in [3.8, 4) is 0 Å². The molecule has 88 valence electrons. The van der Waals surface area contributed by atoms with E-state index in [1.165, 1.54) is 12.1 Å². The predicted molar refractivity (Wildman–Crippen MR) is 71.8 cm³/mol. The van der Waals surface area contributed by atoms with Crippen LogP contribution in [0.3, 0.4) is 0 Å². The molecule has 0 saturated heterocycles. The van der Waals surface area contributed by atoms with Crippen LogP contribution >= 0.6 is 23.4 Å². The lowest BCUT2D eigenvalue weighted by Gasteiger charge is -2.05. The highest BCUT2D eigenvalue weighted by Gasteiger charge is 2.02. The summed E-state index contributed by atoms with van der Waals surface area (Å²) >= 11 is 7.38. The Balaban J connectivity index is 2.04. The molecule has 0 heterocycles. The van der Waals surface area contributed by atoms with E-state index in [9.17, 15) is 4.39 Å². The average Bonchev–Trinajstić information content (AvgIpc) is 2.30. The third-order valence-corrected chi connectivity index (χ3v) is 3.69. The highest BCUT2D eigenvalue weighted by Crippen LogP contribution is 2.28. The van der Waals surface area contributed by atoms with E-state index in [1.54, 1.807) is 17.8 Å². The topological polar surface area (TPSA) is 26.0 Å². The van der Waals surface area contributed by atoms with Gasteiger partial charge in [0.1, 0.15) is 5.82 Å². The summed E-state index contributed by atoms with van der Waals surface area (Å²) < 4.78 is 12.9. The number of rotatable bonds is 3. The Morgan fingerprint density at radius 1 is 1.12 bits per heavy atom. The Labute approximate surface area is 109 Å². The number of benzene rings is 2. The average molecular weight is 268 g/mol. The van der Waals surface area contributed by atoms with Gasteiger partial charge in [-0.05, 0) is 35.9 Å². The van der Waals surface area contributed by atoms with Crippen molar-refractivity contribution in [3.05, 3.63) is 58.9 Å². The second-order valence-electron chi connectivity index (χ2n) is 3.60. The molecule has 0 radical (unpaired) electrons. The van der Waals surface area contributed by atoms with E-state index in [2.05, 4.69) is 0 Å². The third kappa shape index (κ3) is 3.38. The first-order chi connectivity index (χ1) is 8.15. The van der Waals surface area contributed by atoms with Crippen LogP contribution in [0.15, 0.2) is 47.4 Å². The molecule has 0 amide bonds. The highest BCUT2D eigenvalue weighted by atomic mass is 35.5. The molecule has 0 aliphatic carbocycles. The fraction of sp³-hybridized carbons (Fsp3) is 0.0769. The molecule has 2 aromatic rings. The van der Waals surface area contributed by atoms with Crippen LogP contribution in [-0.4, -0.2) is 0 Å². The van der Waals surface area contributed by atoms with Crippen molar-refractivity contribution in [1.82, 2.24) is 0 Å². The number of hydrogen-bond donors (Lipinski definition) is 1. The quantitative estimate of drug-likeness (QED) is 0.661. The van der Waals surface area contributed by atoms with Crippen molar-refractivity contribution in [1.29, 1.82) is 0 Å². The van der Waals surface area contributed by atoms with Gasteiger partial charge in [0, 0.05) is 21.4 Å². The molecule has 2 N–H and O–H groups in total. The molecule has 0 saturated carbocycles. The molecule has 2 aromatic carbocycles. The van der Waals surface area contributed by atoms with Gasteiger partial charge in [0.2, 0.25) is 0 Å². The van der Waals surface area contributed by atoms with Gasteiger partial charge in [0.05, 0.1) is 0 Å². The van der Waals surface area contributed by atoms with Crippen molar-refractivity contribution in [2.75, 3.05) is 5.73 Å². The second kappa shape index (κ2) is 5.43. The van der Waals surface area contributed by atoms with E-state index in [0.717, 1.165) is 21.2 Å².